The van der Waals surface area contributed by atoms with Gasteiger partial charge in [-0.1, -0.05) is 87.2 Å². The van der Waals surface area contributed by atoms with Gasteiger partial charge in [0, 0.05) is 31.2 Å². The number of fused-ring (bicyclic) bond motifs is 4. The Bertz CT molecular complexity index is 2500. The smallest absolute Gasteiger partial charge is 0 e. The van der Waals surface area contributed by atoms with Crippen LogP contribution in [0.25, 0.3) is 61.3 Å². The Morgan fingerprint density at radius 1 is 0.769 bits per heavy atom. The molecule has 6 heteroatoms. The molecule has 4 nitrogen and oxygen atoms in total. The number of hydrogen-bond acceptors (Lipinski definition) is 3. The van der Waals surface area contributed by atoms with Gasteiger partial charge in [0.15, 0.2) is 0 Å². The number of para-hydroxylation sites is 4. The summed E-state index contributed by atoms with van der Waals surface area (Å²) in [5, 5.41) is 2.20. The zero-order valence-corrected chi connectivity index (χ0v) is 35.2. The van der Waals surface area contributed by atoms with Crippen LogP contribution in [-0.2, 0) is 20.1 Å². The van der Waals surface area contributed by atoms with Crippen LogP contribution in [0.3, 0.4) is 0 Å². The minimum Gasteiger partial charge on any atom is 0 e. The molecule has 0 aliphatic heterocycles. The maximum Gasteiger partial charge on any atom is 0 e. The molecule has 265 valence electrons. The van der Waals surface area contributed by atoms with Crippen molar-refractivity contribution in [3.05, 3.63) is 144 Å². The van der Waals surface area contributed by atoms with Gasteiger partial charge in [0.1, 0.15) is 5.58 Å². The third-order valence-corrected chi connectivity index (χ3v) is 13.7. The molecule has 5 aromatic carbocycles. The Hall–Kier alpha value is -4.29. The van der Waals surface area contributed by atoms with Gasteiger partial charge in [-0.3, -0.25) is 4.98 Å². The predicted octanol–water partition coefficient (Wildman–Crippen LogP) is 12.0. The molecule has 3 aromatic heterocycles. The zero-order valence-electron chi connectivity index (χ0n) is 33.7. The fourth-order valence-electron chi connectivity index (χ4n) is 6.63. The average Bonchev–Trinajstić information content (AvgIpc) is 3.73. The number of pyridine rings is 1. The number of aromatic nitrogens is 3. The first-order valence-corrected chi connectivity index (χ1v) is 25.0. The first-order chi connectivity index (χ1) is 25.7. The number of hydrogen-bond donors (Lipinski definition) is 0. The molecule has 0 N–H and O–H groups in total. The van der Waals surface area contributed by atoms with Crippen molar-refractivity contribution < 1.29 is 28.6 Å². The van der Waals surface area contributed by atoms with Crippen molar-refractivity contribution in [3.63, 3.8) is 0 Å². The first kappa shape index (κ1) is 33.5. The quantitative estimate of drug-likeness (QED) is 0.123. The molecule has 0 amide bonds. The van der Waals surface area contributed by atoms with Crippen LogP contribution in [0.2, 0.25) is 17.3 Å². The molecule has 8 aromatic rings. The van der Waals surface area contributed by atoms with Crippen LogP contribution in [0.15, 0.2) is 120 Å². The largest absolute Gasteiger partial charge is 0 e. The molecule has 0 bridgehead atoms. The van der Waals surface area contributed by atoms with Crippen molar-refractivity contribution in [2.75, 3.05) is 0 Å². The monoisotopic (exact) mass is 925 g/mol. The summed E-state index contributed by atoms with van der Waals surface area (Å²) < 4.78 is 32.1. The van der Waals surface area contributed by atoms with E-state index in [1.807, 2.05) is 36.5 Å². The van der Waals surface area contributed by atoms with E-state index >= 15 is 0 Å². The van der Waals surface area contributed by atoms with Gasteiger partial charge in [-0.15, -0.1) is 18.2 Å². The predicted molar refractivity (Wildman–Crippen MR) is 217 cm³/mol. The molecule has 0 spiro atoms. The maximum atomic E-state index is 7.35. The van der Waals surface area contributed by atoms with Crippen molar-refractivity contribution >= 4 is 50.6 Å². The Morgan fingerprint density at radius 2 is 1.50 bits per heavy atom. The Morgan fingerprint density at radius 3 is 2.15 bits per heavy atom. The third-order valence-electron chi connectivity index (χ3n) is 9.41. The summed E-state index contributed by atoms with van der Waals surface area (Å²) in [6.07, 6.45) is 1.95. The molecule has 0 unspecified atom stereocenters. The van der Waals surface area contributed by atoms with Crippen molar-refractivity contribution in [2.24, 2.45) is 0 Å². The van der Waals surface area contributed by atoms with Gasteiger partial charge in [0.25, 0.3) is 0 Å². The Kier molecular flexibility index (Phi) is 9.91. The molecule has 1 radical (unpaired) electrons. The normalized spacial score (nSPS) is 12.8. The molecule has 0 aliphatic carbocycles. The summed E-state index contributed by atoms with van der Waals surface area (Å²) >= 11 is -1.83. The number of benzene rings is 5. The number of rotatable bonds is 6. The Labute approximate surface area is 328 Å². The molecular formula is C46H45GeIrN3O-2. The van der Waals surface area contributed by atoms with Gasteiger partial charge in [0.2, 0.25) is 0 Å². The first-order valence-electron chi connectivity index (χ1n) is 19.1. The zero-order chi connectivity index (χ0) is 38.4. The van der Waals surface area contributed by atoms with Crippen LogP contribution in [0.1, 0.15) is 60.3 Å². The molecule has 8 rings (SSSR count). The SMILES string of the molecule is CC(C)c1cccc(C(C)C)c1-n1c(-c2[c-]ccc3c2oc2ccccc23)nc2ccccc21.[2H]C([2H])([2H])c1c[c-]c(-c2cc[c]([Ge]([CH3])([CH3])[CH3])cn2)cc1.[Ir]. The average molecular weight is 924 g/mol. The van der Waals surface area contributed by atoms with Crippen LogP contribution in [-0.4, -0.2) is 27.8 Å². The van der Waals surface area contributed by atoms with Gasteiger partial charge in [-0.2, -0.15) is 0 Å². The standard InChI is InChI=1S/C31H27N2O.C15H18GeN.Ir/c1-19(2)21-12-9-13-22(20(3)4)29(21)33-27-17-7-6-16-26(27)32-31(33)25-15-10-14-24-23-11-5-8-18-28(23)34-30(24)25;1-12-5-7-13(8-6-12)15-10-9-14(11-17-15)16(2,3)4;/h5-14,16-20H,1-4H3;5-7,9-11H,1-4H3;/q2*-1;/i;1D3;. The van der Waals surface area contributed by atoms with E-state index < -0.39 is 20.1 Å². The maximum absolute atomic E-state index is 7.35. The molecule has 0 fully saturated rings. The van der Waals surface area contributed by atoms with Crippen LogP contribution < -0.4 is 4.40 Å². The summed E-state index contributed by atoms with van der Waals surface area (Å²) in [5.41, 5.74) is 10.5. The van der Waals surface area contributed by atoms with Gasteiger partial charge in [0.05, 0.1) is 22.4 Å². The van der Waals surface area contributed by atoms with Gasteiger partial charge >= 0.3 is 110 Å². The molecular weight excluding hydrogens is 875 g/mol. The van der Waals surface area contributed by atoms with E-state index in [1.165, 1.54) is 27.3 Å². The van der Waals surface area contributed by atoms with E-state index in [-0.39, 0.29) is 20.1 Å². The van der Waals surface area contributed by atoms with E-state index in [0.717, 1.165) is 55.6 Å². The van der Waals surface area contributed by atoms with Gasteiger partial charge < -0.3 is 8.98 Å². The second kappa shape index (κ2) is 15.4. The van der Waals surface area contributed by atoms with E-state index in [2.05, 4.69) is 127 Å². The van der Waals surface area contributed by atoms with E-state index in [0.29, 0.717) is 17.4 Å². The second-order valence-electron chi connectivity index (χ2n) is 14.7. The summed E-state index contributed by atoms with van der Waals surface area (Å²) in [4.78, 5) is 9.63. The van der Waals surface area contributed by atoms with Crippen molar-refractivity contribution in [2.45, 2.75) is 63.7 Å². The number of furan rings is 1. The van der Waals surface area contributed by atoms with Gasteiger partial charge in [-0.25, -0.2) is 0 Å². The van der Waals surface area contributed by atoms with Crippen LogP contribution in [0.4, 0.5) is 0 Å². The van der Waals surface area contributed by atoms with E-state index in [4.69, 9.17) is 13.5 Å². The molecule has 52 heavy (non-hydrogen) atoms. The fourth-order valence-corrected chi connectivity index (χ4v) is 8.80. The van der Waals surface area contributed by atoms with E-state index in [1.54, 1.807) is 12.1 Å². The fraction of sp³-hybridized carbons (Fsp3) is 0.217. The molecule has 0 atom stereocenters. The minimum atomic E-state index is -2.08. The van der Waals surface area contributed by atoms with Crippen molar-refractivity contribution in [1.29, 1.82) is 0 Å². The van der Waals surface area contributed by atoms with Crippen molar-refractivity contribution in [1.82, 2.24) is 14.5 Å². The molecule has 0 saturated heterocycles. The summed E-state index contributed by atoms with van der Waals surface area (Å²) in [5.74, 6) is 8.58. The minimum absolute atomic E-state index is 0. The molecule has 0 aliphatic rings. The number of nitrogens with zero attached hydrogens (tertiary/aromatic N) is 3. The van der Waals surface area contributed by atoms with Crippen molar-refractivity contribution in [3.8, 4) is 28.3 Å². The number of aryl methyl sites for hydroxylation is 1. The second-order valence-corrected chi connectivity index (χ2v) is 25.4. The summed E-state index contributed by atoms with van der Waals surface area (Å²) in [6, 6.07) is 42.8. The van der Waals surface area contributed by atoms with E-state index in [9.17, 15) is 0 Å². The third kappa shape index (κ3) is 7.32. The molecule has 0 saturated carbocycles. The van der Waals surface area contributed by atoms with Gasteiger partial charge in [-0.05, 0) is 41.2 Å². The van der Waals surface area contributed by atoms with Crippen LogP contribution in [0.5, 0.6) is 0 Å². The molecule has 3 heterocycles. The summed E-state index contributed by atoms with van der Waals surface area (Å²) in [6.45, 7) is 6.95. The summed E-state index contributed by atoms with van der Waals surface area (Å²) in [7, 11) is 0. The van der Waals surface area contributed by atoms with Crippen LogP contribution >= 0.6 is 0 Å². The topological polar surface area (TPSA) is 43.9 Å². The van der Waals surface area contributed by atoms with Crippen LogP contribution in [0, 0.1) is 19.0 Å². The Balaban J connectivity index is 0.000000211. The number of imidazole rings is 1.